The molecule has 1 heterocycles. The van der Waals surface area contributed by atoms with E-state index in [9.17, 15) is 38.7 Å². The summed E-state index contributed by atoms with van der Waals surface area (Å²) in [5.74, 6) is -4.93. The second-order valence-corrected chi connectivity index (χ2v) is 16.8. The van der Waals surface area contributed by atoms with Crippen LogP contribution in [0.15, 0.2) is 60.7 Å². The van der Waals surface area contributed by atoms with Gasteiger partial charge in [0, 0.05) is 56.9 Å². The Labute approximate surface area is 343 Å². The van der Waals surface area contributed by atoms with E-state index in [-0.39, 0.29) is 62.0 Å². The number of likely N-dealkylation sites (tertiary alicyclic amines) is 1. The van der Waals surface area contributed by atoms with Gasteiger partial charge < -0.3 is 20.1 Å². The van der Waals surface area contributed by atoms with Crippen molar-refractivity contribution < 1.29 is 43.4 Å². The number of nitrogens with zero attached hydrogens (tertiary/aromatic N) is 1. The van der Waals surface area contributed by atoms with Crippen molar-refractivity contribution >= 4 is 40.9 Å². The van der Waals surface area contributed by atoms with E-state index >= 15 is 0 Å². The molecule has 2 aromatic rings. The fourth-order valence-corrected chi connectivity index (χ4v) is 9.30. The van der Waals surface area contributed by atoms with Crippen LogP contribution in [-0.2, 0) is 44.9 Å². The number of nitrogens with one attached hydrogen (secondary N) is 1. The van der Waals surface area contributed by atoms with Gasteiger partial charge in [-0.25, -0.2) is 4.79 Å². The van der Waals surface area contributed by atoms with Crippen LogP contribution in [0.2, 0.25) is 0 Å². The van der Waals surface area contributed by atoms with Crippen LogP contribution in [-0.4, -0.2) is 69.6 Å². The lowest BCUT2D eigenvalue weighted by Gasteiger charge is -2.34. The van der Waals surface area contributed by atoms with Gasteiger partial charge in [-0.15, -0.1) is 0 Å². The summed E-state index contributed by atoms with van der Waals surface area (Å²) in [6.07, 6.45) is 10.6. The maximum atomic E-state index is 14.8. The highest BCUT2D eigenvalue weighted by atomic mass is 16.5. The van der Waals surface area contributed by atoms with Crippen molar-refractivity contribution in [3.8, 4) is 0 Å². The van der Waals surface area contributed by atoms with Crippen LogP contribution in [0.25, 0.3) is 0 Å². The van der Waals surface area contributed by atoms with E-state index in [2.05, 4.69) is 5.32 Å². The molecule has 2 saturated carbocycles. The Kier molecular flexibility index (Phi) is 17.4. The second-order valence-electron chi connectivity index (χ2n) is 16.8. The normalized spacial score (nSPS) is 20.5. The number of Topliss-reactive ketones (excluding diaryl/α,β-unsaturated/α-hetero) is 4. The molecule has 2 aliphatic carbocycles. The molecule has 0 radical (unpaired) electrons. The summed E-state index contributed by atoms with van der Waals surface area (Å²) in [5.41, 5.74) is 1.33. The molecule has 3 aliphatic rings. The molecule has 1 saturated heterocycles. The summed E-state index contributed by atoms with van der Waals surface area (Å²) in [4.78, 5) is 95.9. The molecule has 2 amide bonds. The number of carbonyl (C=O) groups is 7. The van der Waals surface area contributed by atoms with E-state index in [4.69, 9.17) is 4.74 Å². The van der Waals surface area contributed by atoms with Crippen LogP contribution in [0, 0.1) is 23.7 Å². The van der Waals surface area contributed by atoms with Crippen LogP contribution < -0.4 is 5.32 Å². The van der Waals surface area contributed by atoms with Crippen molar-refractivity contribution in [2.45, 2.75) is 147 Å². The highest BCUT2D eigenvalue weighted by Crippen LogP contribution is 2.37. The number of carboxylic acid groups (broad SMARTS) is 1. The summed E-state index contributed by atoms with van der Waals surface area (Å²) in [6.45, 7) is 2.36. The molecule has 0 bridgehead atoms. The summed E-state index contributed by atoms with van der Waals surface area (Å²) in [7, 11) is 0. The highest BCUT2D eigenvalue weighted by Gasteiger charge is 2.45. The van der Waals surface area contributed by atoms with Gasteiger partial charge in [0.05, 0.1) is 18.8 Å². The lowest BCUT2D eigenvalue weighted by Crippen LogP contribution is -2.47. The van der Waals surface area contributed by atoms with Gasteiger partial charge in [-0.1, -0.05) is 125 Å². The van der Waals surface area contributed by atoms with E-state index in [1.807, 2.05) is 37.3 Å². The molecule has 11 heteroatoms. The third-order valence-corrected chi connectivity index (χ3v) is 12.5. The van der Waals surface area contributed by atoms with Crippen molar-refractivity contribution in [3.63, 3.8) is 0 Å². The fourth-order valence-electron chi connectivity index (χ4n) is 9.30. The molecule has 2 aromatic carbocycles. The van der Waals surface area contributed by atoms with Crippen LogP contribution in [0.5, 0.6) is 0 Å². The van der Waals surface area contributed by atoms with Crippen LogP contribution >= 0.6 is 0 Å². The van der Waals surface area contributed by atoms with Crippen molar-refractivity contribution in [3.05, 3.63) is 71.8 Å². The van der Waals surface area contributed by atoms with E-state index in [0.717, 1.165) is 63.4 Å². The average Bonchev–Trinajstić information content (AvgIpc) is 3.68. The Balaban J connectivity index is 1.28. The predicted molar refractivity (Wildman–Crippen MR) is 218 cm³/mol. The lowest BCUT2D eigenvalue weighted by atomic mass is 9.75. The number of ether oxygens (including phenoxy) is 1. The number of amides is 2. The molecule has 0 aromatic heterocycles. The second kappa shape index (κ2) is 22.6. The molecule has 2 N–H and O–H groups in total. The molecule has 1 aliphatic heterocycles. The zero-order chi connectivity index (χ0) is 41.4. The van der Waals surface area contributed by atoms with Crippen molar-refractivity contribution in [2.24, 2.45) is 23.7 Å². The van der Waals surface area contributed by atoms with Gasteiger partial charge in [0.15, 0.2) is 17.6 Å². The predicted octanol–water partition coefficient (Wildman–Crippen LogP) is 7.53. The van der Waals surface area contributed by atoms with Crippen molar-refractivity contribution in [2.75, 3.05) is 6.54 Å². The van der Waals surface area contributed by atoms with Gasteiger partial charge in [0.2, 0.25) is 17.6 Å². The maximum Gasteiger partial charge on any atom is 0.330 e. The standard InChI is InChI=1S/C47H62N2O9/c1-2-15-36(45(54)41(51)24-25-43(53)48-44(47(56)57)35-22-13-6-14-23-35)27-42(52)40-29-38(58-31-33-18-9-4-10-19-33)30-49(40)46(55)39(34-20-11-5-12-21-34)28-37(50)26-32-16-7-3-8-17-32/h4,6,9-10,13-14,18-19,22-23,32,34,36,38-40,44H,2-3,5,7-8,11-12,15-17,20-21,24-31H2,1H3,(H,48,53)(H,56,57)/t36?,38-,39?,40+,44?/m1/s1. The number of rotatable bonds is 22. The summed E-state index contributed by atoms with van der Waals surface area (Å²) in [5, 5.41) is 12.1. The van der Waals surface area contributed by atoms with E-state index in [0.29, 0.717) is 30.9 Å². The Hall–Kier alpha value is -4.51. The smallest absolute Gasteiger partial charge is 0.330 e. The molecular weight excluding hydrogens is 737 g/mol. The topological polar surface area (TPSA) is 164 Å². The molecule has 314 valence electrons. The SMILES string of the molecule is CCCC(CC(=O)[C@@H]1C[C@@H](OCc2ccccc2)CN1C(=O)C(CC(=O)CC1CCCCC1)C1CCCCC1)C(=O)C(=O)CCC(=O)NC(C(=O)O)c1ccccc1. The molecule has 5 atom stereocenters. The molecule has 0 spiro atoms. The average molecular weight is 799 g/mol. The molecule has 5 rings (SSSR count). The van der Waals surface area contributed by atoms with Crippen molar-refractivity contribution in [1.82, 2.24) is 10.2 Å². The number of carboxylic acids is 1. The van der Waals surface area contributed by atoms with E-state index in [1.165, 1.54) is 6.42 Å². The first-order valence-electron chi connectivity index (χ1n) is 21.7. The number of hydrogen-bond acceptors (Lipinski definition) is 8. The monoisotopic (exact) mass is 798 g/mol. The van der Waals surface area contributed by atoms with Gasteiger partial charge in [0.1, 0.15) is 5.78 Å². The summed E-state index contributed by atoms with van der Waals surface area (Å²) < 4.78 is 6.31. The molecular formula is C47H62N2O9. The maximum absolute atomic E-state index is 14.8. The third-order valence-electron chi connectivity index (χ3n) is 12.5. The number of hydrogen-bond donors (Lipinski definition) is 2. The molecule has 11 nitrogen and oxygen atoms in total. The minimum atomic E-state index is -1.31. The number of benzene rings is 2. The third kappa shape index (κ3) is 13.0. The molecule has 58 heavy (non-hydrogen) atoms. The summed E-state index contributed by atoms with van der Waals surface area (Å²) in [6, 6.07) is 15.7. The summed E-state index contributed by atoms with van der Waals surface area (Å²) >= 11 is 0. The first-order chi connectivity index (χ1) is 28.0. The van der Waals surface area contributed by atoms with Gasteiger partial charge in [-0.05, 0) is 42.2 Å². The van der Waals surface area contributed by atoms with Gasteiger partial charge >= 0.3 is 5.97 Å². The minimum Gasteiger partial charge on any atom is -0.479 e. The molecule has 3 fully saturated rings. The number of carbonyl (C=O) groups excluding carboxylic acids is 6. The van der Waals surface area contributed by atoms with E-state index in [1.54, 1.807) is 35.2 Å². The largest absolute Gasteiger partial charge is 0.479 e. The fraction of sp³-hybridized carbons (Fsp3) is 0.596. The first-order valence-corrected chi connectivity index (χ1v) is 21.7. The minimum absolute atomic E-state index is 0.0549. The van der Waals surface area contributed by atoms with E-state index < -0.39 is 59.9 Å². The van der Waals surface area contributed by atoms with Crippen LogP contribution in [0.3, 0.4) is 0 Å². The zero-order valence-electron chi connectivity index (χ0n) is 34.1. The number of aliphatic carboxylic acids is 1. The Bertz CT molecular complexity index is 1700. The zero-order valence-corrected chi connectivity index (χ0v) is 34.1. The Morgan fingerprint density at radius 2 is 1.45 bits per heavy atom. The first kappa shape index (κ1) is 44.6. The molecule has 3 unspecified atom stereocenters. The highest BCUT2D eigenvalue weighted by molar-refractivity contribution is 6.38. The van der Waals surface area contributed by atoms with Gasteiger partial charge in [0.25, 0.3) is 0 Å². The lowest BCUT2D eigenvalue weighted by molar-refractivity contribution is -0.146. The van der Waals surface area contributed by atoms with Crippen LogP contribution in [0.1, 0.15) is 140 Å². The Morgan fingerprint density at radius 3 is 2.09 bits per heavy atom. The number of ketones is 4. The Morgan fingerprint density at radius 1 is 0.810 bits per heavy atom. The van der Waals surface area contributed by atoms with Crippen LogP contribution in [0.4, 0.5) is 0 Å². The van der Waals surface area contributed by atoms with Gasteiger partial charge in [-0.3, -0.25) is 28.8 Å². The van der Waals surface area contributed by atoms with Crippen molar-refractivity contribution in [1.29, 1.82) is 0 Å². The van der Waals surface area contributed by atoms with Gasteiger partial charge in [-0.2, -0.15) is 0 Å². The quantitative estimate of drug-likeness (QED) is 0.115.